The number of nitrogens with two attached hydrogens (primary N) is 1. The number of hydrogen-bond acceptors (Lipinski definition) is 3. The van der Waals surface area contributed by atoms with Gasteiger partial charge in [0.2, 0.25) is 5.91 Å². The van der Waals surface area contributed by atoms with Crippen molar-refractivity contribution in [2.45, 2.75) is 38.6 Å². The van der Waals surface area contributed by atoms with Crippen LogP contribution in [0.15, 0.2) is 12.4 Å². The number of carbonyl (C=O) groups excluding carboxylic acids is 1. The van der Waals surface area contributed by atoms with E-state index in [1.165, 1.54) is 0 Å². The van der Waals surface area contributed by atoms with E-state index >= 15 is 0 Å². The van der Waals surface area contributed by atoms with E-state index in [1.54, 1.807) is 6.20 Å². The second-order valence-corrected chi connectivity index (χ2v) is 4.24. The van der Waals surface area contributed by atoms with Crippen LogP contribution in [0.1, 0.15) is 32.0 Å². The smallest absolute Gasteiger partial charge is 0.236 e. The molecular formula is C12H22N4O. The summed E-state index contributed by atoms with van der Waals surface area (Å²) in [6.45, 7) is 2.68. The summed E-state index contributed by atoms with van der Waals surface area (Å²) < 4.78 is 1.95. The van der Waals surface area contributed by atoms with Gasteiger partial charge in [-0.15, -0.1) is 0 Å². The first kappa shape index (κ1) is 13.7. The summed E-state index contributed by atoms with van der Waals surface area (Å²) in [6, 6.07) is -0.378. The average Bonchev–Trinajstić information content (AvgIpc) is 2.72. The Kier molecular flexibility index (Phi) is 5.69. The van der Waals surface area contributed by atoms with Gasteiger partial charge in [-0.25, -0.2) is 4.98 Å². The molecule has 0 unspecified atom stereocenters. The summed E-state index contributed by atoms with van der Waals surface area (Å²) in [4.78, 5) is 15.8. The van der Waals surface area contributed by atoms with Crippen molar-refractivity contribution in [3.63, 3.8) is 0 Å². The Hall–Kier alpha value is -1.36. The second-order valence-electron chi connectivity index (χ2n) is 4.24. The maximum Gasteiger partial charge on any atom is 0.236 e. The highest BCUT2D eigenvalue weighted by Gasteiger charge is 2.11. The summed E-state index contributed by atoms with van der Waals surface area (Å²) in [7, 11) is 1.94. The topological polar surface area (TPSA) is 72.9 Å². The number of imidazole rings is 1. The lowest BCUT2D eigenvalue weighted by Gasteiger charge is -2.11. The van der Waals surface area contributed by atoms with Crippen LogP contribution in [0.2, 0.25) is 0 Å². The van der Waals surface area contributed by atoms with Gasteiger partial charge in [0.15, 0.2) is 0 Å². The Balaban J connectivity index is 2.22. The Labute approximate surface area is 102 Å². The molecule has 0 saturated heterocycles. The zero-order chi connectivity index (χ0) is 12.7. The fourth-order valence-corrected chi connectivity index (χ4v) is 1.62. The molecule has 1 atom stereocenters. The van der Waals surface area contributed by atoms with Crippen molar-refractivity contribution in [2.24, 2.45) is 12.8 Å². The first-order valence-electron chi connectivity index (χ1n) is 6.14. The third-order valence-electron chi connectivity index (χ3n) is 2.77. The lowest BCUT2D eigenvalue weighted by molar-refractivity contribution is -0.122. The van der Waals surface area contributed by atoms with Crippen LogP contribution in [0.25, 0.3) is 0 Å². The van der Waals surface area contributed by atoms with Crippen LogP contribution in [-0.2, 0) is 18.3 Å². The molecule has 96 valence electrons. The molecule has 0 bridgehead atoms. The molecule has 0 aromatic carbocycles. The van der Waals surface area contributed by atoms with Crippen LogP contribution in [0, 0.1) is 0 Å². The molecule has 5 heteroatoms. The summed E-state index contributed by atoms with van der Waals surface area (Å²) in [6.07, 6.45) is 7.19. The molecule has 1 heterocycles. The standard InChI is InChI=1S/C12H22N4O/c1-3-4-5-10(13)12(17)15-7-6-11-14-8-9-16(11)2/h8-10H,3-7,13H2,1-2H3,(H,15,17)/t10-/m0/s1. The number of nitrogens with zero attached hydrogens (tertiary/aromatic N) is 2. The van der Waals surface area contributed by atoms with Gasteiger partial charge in [0.25, 0.3) is 0 Å². The van der Waals surface area contributed by atoms with E-state index in [0.29, 0.717) is 6.54 Å². The first-order chi connectivity index (χ1) is 8.15. The molecule has 0 aliphatic rings. The predicted molar refractivity (Wildman–Crippen MR) is 67.4 cm³/mol. The molecular weight excluding hydrogens is 216 g/mol. The zero-order valence-electron chi connectivity index (χ0n) is 10.6. The normalized spacial score (nSPS) is 12.4. The maximum absolute atomic E-state index is 11.6. The van der Waals surface area contributed by atoms with Crippen LogP contribution in [0.3, 0.4) is 0 Å². The minimum Gasteiger partial charge on any atom is -0.354 e. The van der Waals surface area contributed by atoms with Crippen LogP contribution < -0.4 is 11.1 Å². The van der Waals surface area contributed by atoms with E-state index in [0.717, 1.165) is 31.5 Å². The minimum atomic E-state index is -0.378. The molecule has 1 aromatic rings. The number of rotatable bonds is 7. The third-order valence-corrected chi connectivity index (χ3v) is 2.77. The van der Waals surface area contributed by atoms with Gasteiger partial charge in [0.1, 0.15) is 5.82 Å². The highest BCUT2D eigenvalue weighted by Crippen LogP contribution is 1.98. The maximum atomic E-state index is 11.6. The molecule has 17 heavy (non-hydrogen) atoms. The Morgan fingerprint density at radius 1 is 1.65 bits per heavy atom. The van der Waals surface area contributed by atoms with Crippen molar-refractivity contribution < 1.29 is 4.79 Å². The average molecular weight is 238 g/mol. The van der Waals surface area contributed by atoms with Gasteiger partial charge >= 0.3 is 0 Å². The minimum absolute atomic E-state index is 0.0624. The van der Waals surface area contributed by atoms with Gasteiger partial charge in [0, 0.05) is 32.4 Å². The van der Waals surface area contributed by atoms with Gasteiger partial charge in [-0.3, -0.25) is 4.79 Å². The fourth-order valence-electron chi connectivity index (χ4n) is 1.62. The molecule has 0 radical (unpaired) electrons. The van der Waals surface area contributed by atoms with Crippen molar-refractivity contribution in [3.8, 4) is 0 Å². The van der Waals surface area contributed by atoms with Gasteiger partial charge in [-0.2, -0.15) is 0 Å². The Bertz CT molecular complexity index is 348. The number of carbonyl (C=O) groups is 1. The second kappa shape index (κ2) is 7.06. The number of hydrogen-bond donors (Lipinski definition) is 2. The fraction of sp³-hybridized carbons (Fsp3) is 0.667. The zero-order valence-corrected chi connectivity index (χ0v) is 10.6. The number of aryl methyl sites for hydroxylation is 1. The van der Waals surface area contributed by atoms with Crippen LogP contribution in [0.4, 0.5) is 0 Å². The summed E-state index contributed by atoms with van der Waals surface area (Å²) in [5.41, 5.74) is 5.76. The molecule has 3 N–H and O–H groups in total. The van der Waals surface area contributed by atoms with Gasteiger partial charge in [-0.05, 0) is 6.42 Å². The molecule has 5 nitrogen and oxygen atoms in total. The molecule has 0 aliphatic heterocycles. The molecule has 1 rings (SSSR count). The SMILES string of the molecule is CCCC[C@H](N)C(=O)NCCc1nccn1C. The number of nitrogens with one attached hydrogen (secondary N) is 1. The quantitative estimate of drug-likeness (QED) is 0.730. The lowest BCUT2D eigenvalue weighted by atomic mass is 10.1. The van der Waals surface area contributed by atoms with Gasteiger partial charge in [-0.1, -0.05) is 19.8 Å². The van der Waals surface area contributed by atoms with Crippen molar-refractivity contribution in [1.29, 1.82) is 0 Å². The summed E-state index contributed by atoms with van der Waals surface area (Å²) in [5, 5.41) is 2.84. The number of unbranched alkanes of at least 4 members (excludes halogenated alkanes) is 1. The van der Waals surface area contributed by atoms with E-state index in [-0.39, 0.29) is 11.9 Å². The summed E-state index contributed by atoms with van der Waals surface area (Å²) in [5.74, 6) is 0.903. The highest BCUT2D eigenvalue weighted by molar-refractivity contribution is 5.81. The predicted octanol–water partition coefficient (Wildman–Crippen LogP) is 0.596. The molecule has 1 amide bonds. The molecule has 0 fully saturated rings. The van der Waals surface area contributed by atoms with E-state index in [9.17, 15) is 4.79 Å². The van der Waals surface area contributed by atoms with Crippen molar-refractivity contribution >= 4 is 5.91 Å². The van der Waals surface area contributed by atoms with E-state index < -0.39 is 0 Å². The van der Waals surface area contributed by atoms with Crippen molar-refractivity contribution in [2.75, 3.05) is 6.54 Å². The van der Waals surface area contributed by atoms with Gasteiger partial charge in [0.05, 0.1) is 6.04 Å². The van der Waals surface area contributed by atoms with E-state index in [1.807, 2.05) is 17.8 Å². The van der Waals surface area contributed by atoms with Crippen LogP contribution in [0.5, 0.6) is 0 Å². The largest absolute Gasteiger partial charge is 0.354 e. The van der Waals surface area contributed by atoms with E-state index in [2.05, 4.69) is 17.2 Å². The molecule has 0 aliphatic carbocycles. The van der Waals surface area contributed by atoms with E-state index in [4.69, 9.17) is 5.73 Å². The molecule has 0 saturated carbocycles. The van der Waals surface area contributed by atoms with Crippen LogP contribution >= 0.6 is 0 Å². The molecule has 0 spiro atoms. The molecule has 1 aromatic heterocycles. The van der Waals surface area contributed by atoms with Crippen molar-refractivity contribution in [1.82, 2.24) is 14.9 Å². The summed E-state index contributed by atoms with van der Waals surface area (Å²) >= 11 is 0. The van der Waals surface area contributed by atoms with Gasteiger partial charge < -0.3 is 15.6 Å². The Morgan fingerprint density at radius 2 is 2.41 bits per heavy atom. The first-order valence-corrected chi connectivity index (χ1v) is 6.14. The lowest BCUT2D eigenvalue weighted by Crippen LogP contribution is -2.41. The monoisotopic (exact) mass is 238 g/mol. The Morgan fingerprint density at radius 3 is 3.00 bits per heavy atom. The van der Waals surface area contributed by atoms with Crippen LogP contribution in [-0.4, -0.2) is 28.0 Å². The third kappa shape index (κ3) is 4.56. The number of amides is 1. The van der Waals surface area contributed by atoms with Crippen molar-refractivity contribution in [3.05, 3.63) is 18.2 Å². The number of aromatic nitrogens is 2. The highest BCUT2D eigenvalue weighted by atomic mass is 16.2.